The van der Waals surface area contributed by atoms with Gasteiger partial charge in [-0.1, -0.05) is 23.2 Å². The van der Waals surface area contributed by atoms with Crippen LogP contribution in [0.3, 0.4) is 0 Å². The van der Waals surface area contributed by atoms with Crippen LogP contribution >= 0.6 is 23.2 Å². The fourth-order valence-electron chi connectivity index (χ4n) is 1.81. The van der Waals surface area contributed by atoms with Crippen LogP contribution in [-0.4, -0.2) is 21.4 Å². The van der Waals surface area contributed by atoms with Crippen LogP contribution in [-0.2, 0) is 20.0 Å². The third-order valence-corrected chi connectivity index (χ3v) is 3.28. The molecule has 2 N–H and O–H groups in total. The number of hydrogen-bond acceptors (Lipinski definition) is 3. The van der Waals surface area contributed by atoms with Gasteiger partial charge >= 0.3 is 0 Å². The molecule has 0 aliphatic rings. The highest BCUT2D eigenvalue weighted by molar-refractivity contribution is 6.35. The van der Waals surface area contributed by atoms with Gasteiger partial charge in [0, 0.05) is 30.4 Å². The summed E-state index contributed by atoms with van der Waals surface area (Å²) in [6.45, 7) is 1.31. The van der Waals surface area contributed by atoms with Gasteiger partial charge in [0.05, 0.1) is 11.2 Å². The number of benzene rings is 1. The number of aromatic nitrogens is 2. The number of aryl methyl sites for hydroxylation is 1. The molecule has 0 aliphatic heterocycles. The largest absolute Gasteiger partial charge is 0.506 e. The van der Waals surface area contributed by atoms with E-state index in [-0.39, 0.29) is 10.8 Å². The van der Waals surface area contributed by atoms with Crippen molar-refractivity contribution in [3.63, 3.8) is 0 Å². The molecule has 0 spiro atoms. The zero-order chi connectivity index (χ0) is 13.8. The summed E-state index contributed by atoms with van der Waals surface area (Å²) >= 11 is 11.8. The summed E-state index contributed by atoms with van der Waals surface area (Å²) < 4.78 is 1.78. The van der Waals surface area contributed by atoms with Crippen molar-refractivity contribution in [2.75, 3.05) is 6.54 Å². The van der Waals surface area contributed by atoms with E-state index in [2.05, 4.69) is 10.4 Å². The first-order chi connectivity index (χ1) is 9.06. The number of nitrogens with one attached hydrogen (secondary N) is 1. The van der Waals surface area contributed by atoms with Crippen LogP contribution in [0.1, 0.15) is 11.1 Å². The summed E-state index contributed by atoms with van der Waals surface area (Å²) in [6.07, 6.45) is 4.70. The number of rotatable bonds is 5. The summed E-state index contributed by atoms with van der Waals surface area (Å²) in [7, 11) is 1.89. The maximum Gasteiger partial charge on any atom is 0.138 e. The lowest BCUT2D eigenvalue weighted by Crippen LogP contribution is -2.16. The van der Waals surface area contributed by atoms with Crippen LogP contribution in [0.15, 0.2) is 24.5 Å². The van der Waals surface area contributed by atoms with E-state index < -0.39 is 0 Å². The summed E-state index contributed by atoms with van der Waals surface area (Å²) in [5.74, 6) is 0.0833. The zero-order valence-electron chi connectivity index (χ0n) is 10.5. The van der Waals surface area contributed by atoms with Gasteiger partial charge in [-0.25, -0.2) is 0 Å². The number of nitrogens with zero attached hydrogens (tertiary/aromatic N) is 2. The minimum Gasteiger partial charge on any atom is -0.506 e. The first-order valence-electron chi connectivity index (χ1n) is 5.91. The third-order valence-electron chi connectivity index (χ3n) is 2.77. The second-order valence-electron chi connectivity index (χ2n) is 4.34. The normalized spacial score (nSPS) is 10.9. The predicted molar refractivity (Wildman–Crippen MR) is 76.7 cm³/mol. The molecule has 1 aromatic carbocycles. The van der Waals surface area contributed by atoms with E-state index in [1.807, 2.05) is 19.4 Å². The molecule has 0 radical (unpaired) electrons. The molecule has 6 heteroatoms. The van der Waals surface area contributed by atoms with Crippen LogP contribution in [0, 0.1) is 0 Å². The molecule has 4 nitrogen and oxygen atoms in total. The van der Waals surface area contributed by atoms with Crippen molar-refractivity contribution in [3.05, 3.63) is 45.7 Å². The first kappa shape index (κ1) is 14.2. The minimum absolute atomic E-state index is 0.0833. The Morgan fingerprint density at radius 3 is 2.84 bits per heavy atom. The molecule has 0 unspecified atom stereocenters. The van der Waals surface area contributed by atoms with E-state index in [0.717, 1.165) is 13.0 Å². The lowest BCUT2D eigenvalue weighted by atomic mass is 10.2. The summed E-state index contributed by atoms with van der Waals surface area (Å²) in [5.41, 5.74) is 1.87. The van der Waals surface area contributed by atoms with Crippen molar-refractivity contribution in [2.24, 2.45) is 7.05 Å². The number of aromatic hydroxyl groups is 1. The lowest BCUT2D eigenvalue weighted by molar-refractivity contribution is 0.465. The van der Waals surface area contributed by atoms with Crippen LogP contribution in [0.25, 0.3) is 0 Å². The van der Waals surface area contributed by atoms with Gasteiger partial charge in [0.15, 0.2) is 0 Å². The van der Waals surface area contributed by atoms with Gasteiger partial charge in [-0.05, 0) is 30.7 Å². The van der Waals surface area contributed by atoms with Crippen molar-refractivity contribution >= 4 is 23.2 Å². The Morgan fingerprint density at radius 2 is 2.16 bits per heavy atom. The number of hydrogen-bond donors (Lipinski definition) is 2. The Balaban J connectivity index is 1.86. The molecule has 1 aromatic heterocycles. The van der Waals surface area contributed by atoms with Crippen molar-refractivity contribution < 1.29 is 5.11 Å². The number of halogens is 2. The first-order valence-corrected chi connectivity index (χ1v) is 6.67. The summed E-state index contributed by atoms with van der Waals surface area (Å²) in [6, 6.07) is 3.23. The Morgan fingerprint density at radius 1 is 1.37 bits per heavy atom. The molecule has 1 heterocycles. The van der Waals surface area contributed by atoms with Crippen LogP contribution in [0.5, 0.6) is 5.75 Å². The summed E-state index contributed by atoms with van der Waals surface area (Å²) in [4.78, 5) is 0. The maximum atomic E-state index is 9.80. The van der Waals surface area contributed by atoms with E-state index in [1.54, 1.807) is 10.7 Å². The van der Waals surface area contributed by atoms with Crippen molar-refractivity contribution in [2.45, 2.75) is 13.0 Å². The van der Waals surface area contributed by atoms with E-state index in [1.165, 1.54) is 11.6 Å². The molecule has 0 saturated carbocycles. The Labute approximate surface area is 122 Å². The molecule has 102 valence electrons. The highest BCUT2D eigenvalue weighted by atomic mass is 35.5. The van der Waals surface area contributed by atoms with Crippen molar-refractivity contribution in [1.29, 1.82) is 0 Å². The van der Waals surface area contributed by atoms with Gasteiger partial charge in [0.2, 0.25) is 0 Å². The van der Waals surface area contributed by atoms with Crippen LogP contribution < -0.4 is 5.32 Å². The Bertz CT molecular complexity index is 569. The smallest absolute Gasteiger partial charge is 0.138 e. The van der Waals surface area contributed by atoms with E-state index in [9.17, 15) is 5.11 Å². The van der Waals surface area contributed by atoms with Gasteiger partial charge < -0.3 is 10.4 Å². The molecule has 0 fully saturated rings. The second-order valence-corrected chi connectivity index (χ2v) is 5.19. The Kier molecular flexibility index (Phi) is 4.69. The lowest BCUT2D eigenvalue weighted by Gasteiger charge is -2.08. The van der Waals surface area contributed by atoms with Gasteiger partial charge in [0.1, 0.15) is 5.75 Å². The van der Waals surface area contributed by atoms with Gasteiger partial charge in [-0.15, -0.1) is 0 Å². The highest BCUT2D eigenvalue weighted by Gasteiger charge is 2.07. The summed E-state index contributed by atoms with van der Waals surface area (Å²) in [5, 5.41) is 17.9. The fourth-order valence-corrected chi connectivity index (χ4v) is 2.35. The van der Waals surface area contributed by atoms with Crippen molar-refractivity contribution in [3.8, 4) is 5.75 Å². The molecule has 0 saturated heterocycles. The van der Waals surface area contributed by atoms with E-state index in [0.29, 0.717) is 17.1 Å². The van der Waals surface area contributed by atoms with Crippen LogP contribution in [0.2, 0.25) is 10.0 Å². The molecule has 0 aliphatic carbocycles. The maximum absolute atomic E-state index is 9.80. The van der Waals surface area contributed by atoms with Gasteiger partial charge in [-0.2, -0.15) is 5.10 Å². The molecule has 0 atom stereocenters. The predicted octanol–water partition coefficient (Wildman–Crippen LogP) is 2.76. The van der Waals surface area contributed by atoms with Gasteiger partial charge in [-0.3, -0.25) is 4.68 Å². The number of phenolic OH excluding ortho intramolecular Hbond substituents is 1. The molecule has 2 rings (SSSR count). The fraction of sp³-hybridized carbons (Fsp3) is 0.308. The SMILES string of the molecule is Cn1cc(CCNCc2cc(Cl)cc(Cl)c2O)cn1. The van der Waals surface area contributed by atoms with Crippen LogP contribution in [0.4, 0.5) is 0 Å². The molecular weight excluding hydrogens is 285 g/mol. The van der Waals surface area contributed by atoms with E-state index >= 15 is 0 Å². The Hall–Kier alpha value is -1.23. The monoisotopic (exact) mass is 299 g/mol. The minimum atomic E-state index is 0.0833. The standard InChI is InChI=1S/C13H15Cl2N3O/c1-18-8-9(6-17-18)2-3-16-7-10-4-11(14)5-12(15)13(10)19/h4-6,8,16,19H,2-3,7H2,1H3. The van der Waals surface area contributed by atoms with E-state index in [4.69, 9.17) is 23.2 Å². The van der Waals surface area contributed by atoms with Gasteiger partial charge in [0.25, 0.3) is 0 Å². The molecule has 2 aromatic rings. The molecule has 19 heavy (non-hydrogen) atoms. The quantitative estimate of drug-likeness (QED) is 0.835. The van der Waals surface area contributed by atoms with Crippen molar-refractivity contribution in [1.82, 2.24) is 15.1 Å². The molecule has 0 amide bonds. The third kappa shape index (κ3) is 3.86. The average molecular weight is 300 g/mol. The number of phenols is 1. The average Bonchev–Trinajstić information content (AvgIpc) is 2.76. The topological polar surface area (TPSA) is 50.1 Å². The zero-order valence-corrected chi connectivity index (χ0v) is 12.0. The molecular formula is C13H15Cl2N3O. The highest BCUT2D eigenvalue weighted by Crippen LogP contribution is 2.30. The molecule has 0 bridgehead atoms. The second kappa shape index (κ2) is 6.28.